The molecule has 0 radical (unpaired) electrons. The maximum Gasteiger partial charge on any atom is 0.306 e. The van der Waals surface area contributed by atoms with Crippen LogP contribution >= 0.6 is 0 Å². The van der Waals surface area contributed by atoms with Gasteiger partial charge in [-0.2, -0.15) is 5.26 Å². The van der Waals surface area contributed by atoms with Crippen LogP contribution in [0.1, 0.15) is 11.3 Å². The van der Waals surface area contributed by atoms with Crippen LogP contribution in [0.5, 0.6) is 0 Å². The number of pyridine rings is 1. The molecule has 1 aromatic heterocycles. The van der Waals surface area contributed by atoms with Crippen LogP contribution in [0.2, 0.25) is 0 Å². The van der Waals surface area contributed by atoms with Crippen molar-refractivity contribution in [2.75, 3.05) is 0 Å². The van der Waals surface area contributed by atoms with E-state index in [-0.39, 0.29) is 17.0 Å². The van der Waals surface area contributed by atoms with Crippen molar-refractivity contribution in [3.63, 3.8) is 0 Å². The lowest BCUT2D eigenvalue weighted by atomic mass is 10.0. The van der Waals surface area contributed by atoms with Gasteiger partial charge in [-0.1, -0.05) is 0 Å². The molecule has 5 nitrogen and oxygen atoms in total. The Morgan fingerprint density at radius 3 is 2.21 bits per heavy atom. The summed E-state index contributed by atoms with van der Waals surface area (Å²) < 4.78 is 12.9. The van der Waals surface area contributed by atoms with Crippen LogP contribution in [0.3, 0.4) is 0 Å². The minimum Gasteiger partial charge on any atom is -0.340 e. The maximum absolute atomic E-state index is 12.9. The van der Waals surface area contributed by atoms with Gasteiger partial charge in [-0.15, -0.1) is 0 Å². The van der Waals surface area contributed by atoms with Crippen LogP contribution in [0.15, 0.2) is 36.4 Å². The third-order valence-electron chi connectivity index (χ3n) is 2.49. The fourth-order valence-electron chi connectivity index (χ4n) is 1.62. The van der Waals surface area contributed by atoms with Crippen LogP contribution in [0.25, 0.3) is 11.3 Å². The number of benzene rings is 1. The Bertz CT molecular complexity index is 642. The fourth-order valence-corrected chi connectivity index (χ4v) is 1.62. The second kappa shape index (κ2) is 4.74. The molecule has 3 N–H and O–H groups in total. The van der Waals surface area contributed by atoms with Gasteiger partial charge in [0.2, 0.25) is 0 Å². The molecular formula is C13H9FN2O3. The lowest BCUT2D eigenvalue weighted by Crippen LogP contribution is -2.25. The van der Waals surface area contributed by atoms with E-state index in [4.69, 9.17) is 5.26 Å². The highest BCUT2D eigenvalue weighted by Crippen LogP contribution is 2.28. The number of nitriles is 1. The van der Waals surface area contributed by atoms with Crippen LogP contribution in [0, 0.1) is 17.1 Å². The zero-order valence-corrected chi connectivity index (χ0v) is 9.58. The number of hydrogen-bond acceptors (Lipinski definition) is 5. The van der Waals surface area contributed by atoms with Gasteiger partial charge in [-0.25, -0.2) is 9.37 Å². The Morgan fingerprint density at radius 2 is 1.68 bits per heavy atom. The summed E-state index contributed by atoms with van der Waals surface area (Å²) in [5.41, 5.74) is 0.0759. The molecule has 0 unspecified atom stereocenters. The molecule has 0 saturated carbocycles. The predicted molar refractivity (Wildman–Crippen MR) is 62.7 cm³/mol. The molecule has 19 heavy (non-hydrogen) atoms. The Kier molecular flexibility index (Phi) is 3.27. The van der Waals surface area contributed by atoms with Gasteiger partial charge in [-0.3, -0.25) is 0 Å². The number of nitrogens with zero attached hydrogens (tertiary/aromatic N) is 2. The Hall–Kier alpha value is -2.33. The van der Waals surface area contributed by atoms with Crippen molar-refractivity contribution in [2.45, 2.75) is 5.97 Å². The lowest BCUT2D eigenvalue weighted by Gasteiger charge is -2.17. The first kappa shape index (κ1) is 13.1. The molecule has 96 valence electrons. The molecule has 0 spiro atoms. The van der Waals surface area contributed by atoms with Gasteiger partial charge in [0.25, 0.3) is 0 Å². The van der Waals surface area contributed by atoms with E-state index < -0.39 is 11.8 Å². The van der Waals surface area contributed by atoms with Gasteiger partial charge in [0.15, 0.2) is 0 Å². The summed E-state index contributed by atoms with van der Waals surface area (Å²) in [6, 6.07) is 9.23. The largest absolute Gasteiger partial charge is 0.340 e. The van der Waals surface area contributed by atoms with Crippen LogP contribution < -0.4 is 0 Å². The Labute approximate surface area is 107 Å². The first-order valence-electron chi connectivity index (χ1n) is 5.26. The molecule has 0 aliphatic heterocycles. The summed E-state index contributed by atoms with van der Waals surface area (Å²) >= 11 is 0. The predicted octanol–water partition coefficient (Wildman–Crippen LogP) is 0.847. The van der Waals surface area contributed by atoms with Crippen molar-refractivity contribution < 1.29 is 19.7 Å². The lowest BCUT2D eigenvalue weighted by molar-refractivity contribution is -0.323. The molecule has 0 aliphatic rings. The first-order valence-corrected chi connectivity index (χ1v) is 5.26. The molecule has 1 heterocycles. The summed E-state index contributed by atoms with van der Waals surface area (Å²) in [5.74, 6) is -3.56. The topological polar surface area (TPSA) is 97.4 Å². The smallest absolute Gasteiger partial charge is 0.306 e. The molecule has 0 aliphatic carbocycles. The third-order valence-corrected chi connectivity index (χ3v) is 2.49. The summed E-state index contributed by atoms with van der Waals surface area (Å²) in [4.78, 5) is 3.89. The molecule has 6 heteroatoms. The number of halogens is 1. The zero-order valence-electron chi connectivity index (χ0n) is 9.58. The van der Waals surface area contributed by atoms with Gasteiger partial charge >= 0.3 is 5.97 Å². The summed E-state index contributed by atoms with van der Waals surface area (Å²) in [6.45, 7) is 0. The van der Waals surface area contributed by atoms with E-state index in [0.29, 0.717) is 5.56 Å². The maximum atomic E-state index is 12.9. The van der Waals surface area contributed by atoms with Crippen LogP contribution in [-0.2, 0) is 5.97 Å². The molecule has 1 aromatic carbocycles. The molecule has 0 atom stereocenters. The molecule has 0 saturated heterocycles. The van der Waals surface area contributed by atoms with Gasteiger partial charge in [0.1, 0.15) is 17.6 Å². The van der Waals surface area contributed by atoms with Gasteiger partial charge < -0.3 is 15.3 Å². The van der Waals surface area contributed by atoms with Crippen molar-refractivity contribution in [3.8, 4) is 17.3 Å². The number of aromatic nitrogens is 1. The van der Waals surface area contributed by atoms with E-state index in [9.17, 15) is 19.7 Å². The SMILES string of the molecule is N#Cc1ccc(C(O)(O)O)c(-c2ccc(F)cc2)n1. The van der Waals surface area contributed by atoms with E-state index in [0.717, 1.165) is 12.1 Å². The van der Waals surface area contributed by atoms with Crippen molar-refractivity contribution in [1.29, 1.82) is 5.26 Å². The highest BCUT2D eigenvalue weighted by molar-refractivity contribution is 5.64. The first-order chi connectivity index (χ1) is 8.91. The van der Waals surface area contributed by atoms with Gasteiger partial charge in [0.05, 0.1) is 11.3 Å². The second-order valence-corrected chi connectivity index (χ2v) is 3.85. The summed E-state index contributed by atoms with van der Waals surface area (Å²) in [7, 11) is 0. The van der Waals surface area contributed by atoms with E-state index in [1.807, 2.05) is 0 Å². The van der Waals surface area contributed by atoms with E-state index in [2.05, 4.69) is 4.98 Å². The fraction of sp³-hybridized carbons (Fsp3) is 0.0769. The number of hydrogen-bond donors (Lipinski definition) is 3. The third kappa shape index (κ3) is 2.74. The zero-order chi connectivity index (χ0) is 14.0. The molecule has 0 amide bonds. The Morgan fingerprint density at radius 1 is 1.05 bits per heavy atom. The van der Waals surface area contributed by atoms with E-state index >= 15 is 0 Å². The van der Waals surface area contributed by atoms with Crippen LogP contribution in [-0.4, -0.2) is 20.3 Å². The molecule has 2 aromatic rings. The molecule has 0 fully saturated rings. The molecule has 2 rings (SSSR count). The monoisotopic (exact) mass is 260 g/mol. The quantitative estimate of drug-likeness (QED) is 0.695. The second-order valence-electron chi connectivity index (χ2n) is 3.85. The molecular weight excluding hydrogens is 251 g/mol. The summed E-state index contributed by atoms with van der Waals surface area (Å²) in [6.07, 6.45) is 0. The highest BCUT2D eigenvalue weighted by atomic mass is 19.1. The standard InChI is InChI=1S/C13H9FN2O3/c14-9-3-1-8(2-4-9)12-11(13(17,18)19)6-5-10(7-15)16-12/h1-6,17-19H. The molecule has 0 bridgehead atoms. The van der Waals surface area contributed by atoms with Crippen molar-refractivity contribution in [2.24, 2.45) is 0 Å². The van der Waals surface area contributed by atoms with Crippen molar-refractivity contribution in [1.82, 2.24) is 4.98 Å². The van der Waals surface area contributed by atoms with E-state index in [1.165, 1.54) is 24.3 Å². The Balaban J connectivity index is 2.66. The minimum atomic E-state index is -3.09. The van der Waals surface area contributed by atoms with Gasteiger partial charge in [-0.05, 0) is 36.4 Å². The van der Waals surface area contributed by atoms with Crippen molar-refractivity contribution >= 4 is 0 Å². The number of rotatable bonds is 2. The average Bonchev–Trinajstić information content (AvgIpc) is 2.38. The van der Waals surface area contributed by atoms with Gasteiger partial charge in [0, 0.05) is 5.56 Å². The minimum absolute atomic E-state index is 0.00782. The average molecular weight is 260 g/mol. The summed E-state index contributed by atoms with van der Waals surface area (Å²) in [5, 5.41) is 36.6. The van der Waals surface area contributed by atoms with Crippen molar-refractivity contribution in [3.05, 3.63) is 53.5 Å². The van der Waals surface area contributed by atoms with Crippen LogP contribution in [0.4, 0.5) is 4.39 Å². The normalized spacial score (nSPS) is 11.1. The number of aliphatic hydroxyl groups is 3. The van der Waals surface area contributed by atoms with E-state index in [1.54, 1.807) is 6.07 Å². The highest BCUT2D eigenvalue weighted by Gasteiger charge is 2.27.